The minimum atomic E-state index is -0.296. The van der Waals surface area contributed by atoms with Crippen molar-refractivity contribution in [2.45, 2.75) is 25.6 Å². The van der Waals surface area contributed by atoms with E-state index in [0.717, 1.165) is 11.1 Å². The van der Waals surface area contributed by atoms with Crippen LogP contribution in [0.25, 0.3) is 0 Å². The molecule has 0 saturated carbocycles. The van der Waals surface area contributed by atoms with E-state index in [1.807, 2.05) is 38.1 Å². The maximum Gasteiger partial charge on any atom is 0.242 e. The highest BCUT2D eigenvalue weighted by molar-refractivity contribution is 8.15. The molecule has 6 heteroatoms. The molecule has 1 saturated heterocycles. The van der Waals surface area contributed by atoms with E-state index in [4.69, 9.17) is 0 Å². The zero-order valence-electron chi connectivity index (χ0n) is 14.0. The first-order valence-electron chi connectivity index (χ1n) is 7.93. The van der Waals surface area contributed by atoms with Crippen LogP contribution in [0.4, 0.5) is 4.39 Å². The fourth-order valence-electron chi connectivity index (χ4n) is 2.38. The molecule has 128 valence electrons. The van der Waals surface area contributed by atoms with Gasteiger partial charge >= 0.3 is 0 Å². The number of thioether (sulfide) groups is 1. The lowest BCUT2D eigenvalue weighted by Gasteiger charge is -2.15. The lowest BCUT2D eigenvalue weighted by Crippen LogP contribution is -2.30. The van der Waals surface area contributed by atoms with Gasteiger partial charge in [0.05, 0.1) is 18.0 Å². The zero-order valence-corrected chi connectivity index (χ0v) is 14.8. The van der Waals surface area contributed by atoms with E-state index in [-0.39, 0.29) is 17.0 Å². The molecule has 2 aromatic rings. The molecule has 0 bridgehead atoms. The van der Waals surface area contributed by atoms with Crippen LogP contribution < -0.4 is 0 Å². The molecule has 1 aliphatic rings. The van der Waals surface area contributed by atoms with Crippen molar-refractivity contribution in [3.05, 3.63) is 71.0 Å². The summed E-state index contributed by atoms with van der Waals surface area (Å²) in [5, 5.41) is 8.69. The fourth-order valence-corrected chi connectivity index (χ4v) is 3.30. The van der Waals surface area contributed by atoms with Crippen LogP contribution in [0.2, 0.25) is 0 Å². The van der Waals surface area contributed by atoms with Crippen molar-refractivity contribution in [2.24, 2.45) is 10.2 Å². The van der Waals surface area contributed by atoms with Gasteiger partial charge in [0, 0.05) is 0 Å². The predicted molar refractivity (Wildman–Crippen MR) is 100 cm³/mol. The van der Waals surface area contributed by atoms with Gasteiger partial charge in [0.2, 0.25) is 5.91 Å². The lowest BCUT2D eigenvalue weighted by molar-refractivity contribution is -0.126. The van der Waals surface area contributed by atoms with Gasteiger partial charge < -0.3 is 0 Å². The summed E-state index contributed by atoms with van der Waals surface area (Å²) in [7, 11) is 0. The van der Waals surface area contributed by atoms with Crippen LogP contribution in [0.15, 0.2) is 58.7 Å². The number of carbonyl (C=O) groups is 1. The van der Waals surface area contributed by atoms with Crippen LogP contribution in [-0.2, 0) is 11.3 Å². The van der Waals surface area contributed by atoms with Crippen molar-refractivity contribution in [3.63, 3.8) is 0 Å². The van der Waals surface area contributed by atoms with Gasteiger partial charge in [-0.2, -0.15) is 5.10 Å². The molecule has 0 N–H and O–H groups in total. The quantitative estimate of drug-likeness (QED) is 0.615. The minimum Gasteiger partial charge on any atom is -0.284 e. The van der Waals surface area contributed by atoms with Crippen molar-refractivity contribution in [2.75, 3.05) is 0 Å². The average molecular weight is 355 g/mol. The second-order valence-electron chi connectivity index (χ2n) is 5.85. The van der Waals surface area contributed by atoms with Gasteiger partial charge in [-0.1, -0.05) is 53.7 Å². The van der Waals surface area contributed by atoms with Crippen molar-refractivity contribution >= 4 is 29.1 Å². The monoisotopic (exact) mass is 355 g/mol. The Morgan fingerprint density at radius 2 is 1.84 bits per heavy atom. The first-order chi connectivity index (χ1) is 12.0. The van der Waals surface area contributed by atoms with Crippen molar-refractivity contribution in [3.8, 4) is 0 Å². The highest BCUT2D eigenvalue weighted by atomic mass is 32.2. The number of hydrogen-bond acceptors (Lipinski definition) is 4. The first kappa shape index (κ1) is 17.4. The van der Waals surface area contributed by atoms with Gasteiger partial charge in [0.25, 0.3) is 0 Å². The summed E-state index contributed by atoms with van der Waals surface area (Å²) >= 11 is 1.38. The number of benzene rings is 2. The molecular formula is C19H18FN3OS. The molecule has 1 atom stereocenters. The van der Waals surface area contributed by atoms with Gasteiger partial charge in [-0.25, -0.2) is 4.39 Å². The minimum absolute atomic E-state index is 0.0152. The van der Waals surface area contributed by atoms with E-state index in [1.165, 1.54) is 29.5 Å². The van der Waals surface area contributed by atoms with Crippen molar-refractivity contribution < 1.29 is 9.18 Å². The SMILES string of the molecule is Cc1ccc(/C=N\N=C2/S[C@@H](C)C(=O)N2Cc2ccc(F)cc2)cc1. The lowest BCUT2D eigenvalue weighted by atomic mass is 10.2. The Bertz CT molecular complexity index is 816. The van der Waals surface area contributed by atoms with E-state index in [1.54, 1.807) is 23.2 Å². The standard InChI is InChI=1S/C19H18FN3OS/c1-13-3-5-15(6-4-13)11-21-22-19-23(18(24)14(2)25-19)12-16-7-9-17(20)10-8-16/h3-11,14H,12H2,1-2H3/b21-11-,22-19-/t14-/m0/s1. The van der Waals surface area contributed by atoms with Crippen molar-refractivity contribution in [1.29, 1.82) is 0 Å². The average Bonchev–Trinajstić information content (AvgIpc) is 2.86. The number of hydrogen-bond donors (Lipinski definition) is 0. The van der Waals surface area contributed by atoms with Gasteiger partial charge in [-0.3, -0.25) is 9.69 Å². The molecule has 1 heterocycles. The molecule has 4 nitrogen and oxygen atoms in total. The molecule has 0 radical (unpaired) electrons. The number of rotatable bonds is 4. The first-order valence-corrected chi connectivity index (χ1v) is 8.81. The number of amidine groups is 1. The topological polar surface area (TPSA) is 45.0 Å². The summed E-state index contributed by atoms with van der Waals surface area (Å²) in [6, 6.07) is 14.1. The molecule has 0 aliphatic carbocycles. The smallest absolute Gasteiger partial charge is 0.242 e. The van der Waals surface area contributed by atoms with E-state index in [0.29, 0.717) is 11.7 Å². The Balaban J connectivity index is 1.76. The second kappa shape index (κ2) is 7.61. The third-order valence-electron chi connectivity index (χ3n) is 3.81. The van der Waals surface area contributed by atoms with Crippen LogP contribution in [0.5, 0.6) is 0 Å². The fraction of sp³-hybridized carbons (Fsp3) is 0.211. The normalized spacial score (nSPS) is 19.3. The molecule has 3 rings (SSSR count). The van der Waals surface area contributed by atoms with E-state index >= 15 is 0 Å². The summed E-state index contributed by atoms with van der Waals surface area (Å²) < 4.78 is 13.0. The van der Waals surface area contributed by atoms with Crippen LogP contribution in [0.3, 0.4) is 0 Å². The highest BCUT2D eigenvalue weighted by Crippen LogP contribution is 2.28. The molecule has 1 aliphatic heterocycles. The second-order valence-corrected chi connectivity index (χ2v) is 7.16. The number of nitrogens with zero attached hydrogens (tertiary/aromatic N) is 3. The van der Waals surface area contributed by atoms with E-state index in [9.17, 15) is 9.18 Å². The molecule has 1 amide bonds. The Morgan fingerprint density at radius 1 is 1.16 bits per heavy atom. The Hall–Kier alpha value is -2.47. The van der Waals surface area contributed by atoms with Crippen LogP contribution in [0.1, 0.15) is 23.6 Å². The third-order valence-corrected chi connectivity index (χ3v) is 4.88. The Kier molecular flexibility index (Phi) is 5.28. The summed E-state index contributed by atoms with van der Waals surface area (Å²) in [6.07, 6.45) is 1.66. The summed E-state index contributed by atoms with van der Waals surface area (Å²) in [5.41, 5.74) is 2.97. The van der Waals surface area contributed by atoms with Crippen LogP contribution >= 0.6 is 11.8 Å². The predicted octanol–water partition coefficient (Wildman–Crippen LogP) is 3.99. The molecule has 0 unspecified atom stereocenters. The molecule has 25 heavy (non-hydrogen) atoms. The maximum atomic E-state index is 13.0. The summed E-state index contributed by atoms with van der Waals surface area (Å²) in [5.74, 6) is -0.311. The van der Waals surface area contributed by atoms with E-state index < -0.39 is 0 Å². The molecule has 0 aromatic heterocycles. The number of halogens is 1. The van der Waals surface area contributed by atoms with Gasteiger partial charge in [-0.15, -0.1) is 5.10 Å². The number of aryl methyl sites for hydroxylation is 1. The van der Waals surface area contributed by atoms with Gasteiger partial charge in [0.1, 0.15) is 5.82 Å². The summed E-state index contributed by atoms with van der Waals surface area (Å²) in [6.45, 7) is 4.23. The summed E-state index contributed by atoms with van der Waals surface area (Å²) in [4.78, 5) is 13.9. The molecule has 0 spiro atoms. The Morgan fingerprint density at radius 3 is 2.52 bits per heavy atom. The number of amides is 1. The van der Waals surface area contributed by atoms with Gasteiger partial charge in [-0.05, 0) is 37.1 Å². The van der Waals surface area contributed by atoms with Crippen LogP contribution in [-0.4, -0.2) is 27.4 Å². The van der Waals surface area contributed by atoms with Gasteiger partial charge in [0.15, 0.2) is 5.17 Å². The molecule has 2 aromatic carbocycles. The van der Waals surface area contributed by atoms with Crippen molar-refractivity contribution in [1.82, 2.24) is 4.90 Å². The Labute approximate surface area is 150 Å². The maximum absolute atomic E-state index is 13.0. The molecular weight excluding hydrogens is 337 g/mol. The number of carbonyl (C=O) groups excluding carboxylic acids is 1. The van der Waals surface area contributed by atoms with Crippen LogP contribution in [0, 0.1) is 12.7 Å². The highest BCUT2D eigenvalue weighted by Gasteiger charge is 2.35. The largest absolute Gasteiger partial charge is 0.284 e. The zero-order chi connectivity index (χ0) is 17.8. The van der Waals surface area contributed by atoms with E-state index in [2.05, 4.69) is 10.2 Å². The third kappa shape index (κ3) is 4.33. The molecule has 1 fully saturated rings.